The molecule has 0 radical (unpaired) electrons. The number of carbonyl (C=O) groups is 1. The van der Waals surface area contributed by atoms with E-state index in [-0.39, 0.29) is 35.0 Å². The van der Waals surface area contributed by atoms with Gasteiger partial charge in [0.1, 0.15) is 0 Å². The van der Waals surface area contributed by atoms with Gasteiger partial charge >= 0.3 is 5.97 Å². The lowest BCUT2D eigenvalue weighted by Gasteiger charge is -2.45. The molecule has 4 aliphatic carbocycles. The van der Waals surface area contributed by atoms with E-state index in [1.807, 2.05) is 13.0 Å². The van der Waals surface area contributed by atoms with Gasteiger partial charge in [0, 0.05) is 0 Å². The van der Waals surface area contributed by atoms with Crippen LogP contribution in [-0.4, -0.2) is 32.5 Å². The molecule has 4 nitrogen and oxygen atoms in total. The van der Waals surface area contributed by atoms with E-state index in [0.717, 1.165) is 19.3 Å². The van der Waals surface area contributed by atoms with Crippen molar-refractivity contribution in [1.82, 2.24) is 0 Å². The number of carboxylic acids is 1. The van der Waals surface area contributed by atoms with Gasteiger partial charge in [-0.05, 0) is 74.0 Å². The summed E-state index contributed by atoms with van der Waals surface area (Å²) < 4.78 is 0. The molecule has 8 unspecified atom stereocenters. The molecule has 3 saturated carbocycles. The molecule has 4 aliphatic rings. The second kappa shape index (κ2) is 4.85. The minimum atomic E-state index is -0.866. The Morgan fingerprint density at radius 2 is 1.96 bits per heavy atom. The topological polar surface area (TPSA) is 77.8 Å². The zero-order chi connectivity index (χ0) is 17.5. The van der Waals surface area contributed by atoms with Crippen molar-refractivity contribution in [2.45, 2.75) is 64.1 Å². The van der Waals surface area contributed by atoms with Gasteiger partial charge in [-0.1, -0.05) is 26.0 Å². The van der Waals surface area contributed by atoms with Crippen molar-refractivity contribution >= 4 is 5.97 Å². The molecule has 0 aliphatic heterocycles. The molecule has 24 heavy (non-hydrogen) atoms. The number of hydrogen-bond acceptors (Lipinski definition) is 3. The van der Waals surface area contributed by atoms with Crippen molar-refractivity contribution in [1.29, 1.82) is 0 Å². The van der Waals surface area contributed by atoms with Crippen molar-refractivity contribution in [3.8, 4) is 0 Å². The van der Waals surface area contributed by atoms with E-state index in [4.69, 9.17) is 0 Å². The summed E-state index contributed by atoms with van der Waals surface area (Å²) in [5, 5.41) is 32.4. The van der Waals surface area contributed by atoms with Gasteiger partial charge < -0.3 is 15.3 Å². The molecular weight excluding hydrogens is 304 g/mol. The van der Waals surface area contributed by atoms with Crippen LogP contribution in [0.4, 0.5) is 0 Å². The highest BCUT2D eigenvalue weighted by Crippen LogP contribution is 2.73. The second-order valence-electron chi connectivity index (χ2n) is 9.53. The maximum Gasteiger partial charge on any atom is 0.307 e. The van der Waals surface area contributed by atoms with E-state index in [2.05, 4.69) is 19.9 Å². The van der Waals surface area contributed by atoms with Crippen LogP contribution in [0.3, 0.4) is 0 Å². The fourth-order valence-corrected chi connectivity index (χ4v) is 7.42. The number of allylic oxidation sites excluding steroid dienone is 1. The Balaban J connectivity index is 1.89. The first-order chi connectivity index (χ1) is 11.1. The maximum atomic E-state index is 12.4. The fraction of sp³-hybridized carbons (Fsp3) is 0.850. The van der Waals surface area contributed by atoms with Crippen LogP contribution in [-0.2, 0) is 4.79 Å². The van der Waals surface area contributed by atoms with Crippen LogP contribution in [0, 0.1) is 40.9 Å². The normalized spacial score (nSPS) is 58.9. The first kappa shape index (κ1) is 16.6. The van der Waals surface area contributed by atoms with E-state index in [1.165, 1.54) is 0 Å². The zero-order valence-electron chi connectivity index (χ0n) is 14.9. The summed E-state index contributed by atoms with van der Waals surface area (Å²) in [6.45, 7) is 6.07. The van der Waals surface area contributed by atoms with Gasteiger partial charge in [0.05, 0.1) is 17.1 Å². The Labute approximate surface area is 144 Å². The summed E-state index contributed by atoms with van der Waals surface area (Å²) >= 11 is 0. The van der Waals surface area contributed by atoms with Gasteiger partial charge in [0.15, 0.2) is 0 Å². The highest BCUT2D eigenvalue weighted by Gasteiger charge is 2.73. The third-order valence-corrected chi connectivity index (χ3v) is 8.28. The van der Waals surface area contributed by atoms with E-state index in [1.54, 1.807) is 0 Å². The number of aliphatic hydroxyl groups is 2. The molecule has 0 aromatic carbocycles. The quantitative estimate of drug-likeness (QED) is 0.644. The SMILES string of the molecule is CC1C=CCC(C)(O)C2C1C(C(=O)O)C13C[C@@H](C)C(O)(CCC21)C3. The van der Waals surface area contributed by atoms with E-state index < -0.39 is 23.1 Å². The number of rotatable bonds is 1. The number of hydrogen-bond donors (Lipinski definition) is 3. The first-order valence-electron chi connectivity index (χ1n) is 9.47. The molecule has 0 heterocycles. The molecule has 0 saturated heterocycles. The summed E-state index contributed by atoms with van der Waals surface area (Å²) in [5.41, 5.74) is -1.93. The summed E-state index contributed by atoms with van der Waals surface area (Å²) in [4.78, 5) is 12.4. The van der Waals surface area contributed by atoms with Crippen LogP contribution in [0.1, 0.15) is 52.9 Å². The lowest BCUT2D eigenvalue weighted by Crippen LogP contribution is -2.45. The van der Waals surface area contributed by atoms with Crippen molar-refractivity contribution < 1.29 is 20.1 Å². The van der Waals surface area contributed by atoms with Crippen LogP contribution in [0.5, 0.6) is 0 Å². The van der Waals surface area contributed by atoms with Crippen LogP contribution in [0.15, 0.2) is 12.2 Å². The lowest BCUT2D eigenvalue weighted by molar-refractivity contribution is -0.150. The van der Waals surface area contributed by atoms with E-state index in [0.29, 0.717) is 12.8 Å². The van der Waals surface area contributed by atoms with Gasteiger partial charge in [0.2, 0.25) is 0 Å². The summed E-state index contributed by atoms with van der Waals surface area (Å²) in [7, 11) is 0. The average Bonchev–Trinajstić information content (AvgIpc) is 2.82. The summed E-state index contributed by atoms with van der Waals surface area (Å²) in [6.07, 6.45) is 7.70. The largest absolute Gasteiger partial charge is 0.481 e. The Morgan fingerprint density at radius 1 is 1.25 bits per heavy atom. The van der Waals surface area contributed by atoms with Crippen LogP contribution >= 0.6 is 0 Å². The maximum absolute atomic E-state index is 12.4. The lowest BCUT2D eigenvalue weighted by atomic mass is 9.61. The van der Waals surface area contributed by atoms with Crippen molar-refractivity contribution in [3.63, 3.8) is 0 Å². The number of carboxylic acid groups (broad SMARTS) is 1. The molecular formula is C20H30O4. The molecule has 3 fully saturated rings. The monoisotopic (exact) mass is 334 g/mol. The van der Waals surface area contributed by atoms with Gasteiger partial charge in [-0.3, -0.25) is 4.79 Å². The predicted octanol–water partition coefficient (Wildman–Crippen LogP) is 2.84. The Morgan fingerprint density at radius 3 is 2.62 bits per heavy atom. The van der Waals surface area contributed by atoms with Gasteiger partial charge in [-0.25, -0.2) is 0 Å². The molecule has 134 valence electrons. The molecule has 4 rings (SSSR count). The highest BCUT2D eigenvalue weighted by atomic mass is 16.4. The molecule has 4 heteroatoms. The van der Waals surface area contributed by atoms with Crippen molar-refractivity contribution in [2.24, 2.45) is 40.9 Å². The molecule has 2 bridgehead atoms. The Bertz CT molecular complexity index is 596. The van der Waals surface area contributed by atoms with Crippen molar-refractivity contribution in [2.75, 3.05) is 0 Å². The Kier molecular flexibility index (Phi) is 3.35. The minimum Gasteiger partial charge on any atom is -0.481 e. The zero-order valence-corrected chi connectivity index (χ0v) is 14.9. The summed E-state index contributed by atoms with van der Waals surface area (Å²) in [6, 6.07) is 0. The smallest absolute Gasteiger partial charge is 0.307 e. The molecule has 3 N–H and O–H groups in total. The van der Waals surface area contributed by atoms with E-state index in [9.17, 15) is 20.1 Å². The minimum absolute atomic E-state index is 0.00144. The third kappa shape index (κ3) is 1.90. The molecule has 0 aromatic rings. The van der Waals surface area contributed by atoms with Gasteiger partial charge in [-0.15, -0.1) is 0 Å². The number of aliphatic carboxylic acids is 1. The van der Waals surface area contributed by atoms with E-state index >= 15 is 0 Å². The molecule has 9 atom stereocenters. The molecule has 0 aromatic heterocycles. The summed E-state index contributed by atoms with van der Waals surface area (Å²) in [5.74, 6) is -0.757. The van der Waals surface area contributed by atoms with Crippen molar-refractivity contribution in [3.05, 3.63) is 12.2 Å². The van der Waals surface area contributed by atoms with Gasteiger partial charge in [-0.2, -0.15) is 0 Å². The van der Waals surface area contributed by atoms with Crippen LogP contribution < -0.4 is 0 Å². The van der Waals surface area contributed by atoms with Crippen LogP contribution in [0.25, 0.3) is 0 Å². The van der Waals surface area contributed by atoms with Crippen LogP contribution in [0.2, 0.25) is 0 Å². The first-order valence-corrected chi connectivity index (χ1v) is 9.47. The second-order valence-corrected chi connectivity index (χ2v) is 9.53. The fourth-order valence-electron chi connectivity index (χ4n) is 7.42. The standard InChI is InChI=1S/C20H30O4/c1-11-5-4-7-18(3,23)15-13-6-8-20(24)10-19(13,9-12(20)2)16(14(11)15)17(21)22/h4-5,11-16,23-24H,6-10H2,1-3H3,(H,21,22)/t11?,12-,13?,14?,15?,16?,18?,19?,20?/m1/s1. The Hall–Kier alpha value is -0.870. The predicted molar refractivity (Wildman–Crippen MR) is 90.2 cm³/mol. The number of fused-ring (bicyclic) bond motifs is 3. The molecule has 0 amide bonds. The molecule has 1 spiro atoms. The van der Waals surface area contributed by atoms with Gasteiger partial charge in [0.25, 0.3) is 0 Å². The highest BCUT2D eigenvalue weighted by molar-refractivity contribution is 5.73. The average molecular weight is 334 g/mol. The third-order valence-electron chi connectivity index (χ3n) is 8.28.